The summed E-state index contributed by atoms with van der Waals surface area (Å²) in [5, 5.41) is 0.966. The van der Waals surface area contributed by atoms with Crippen molar-refractivity contribution in [2.45, 2.75) is 13.0 Å². The predicted molar refractivity (Wildman–Crippen MR) is 80.8 cm³/mol. The highest BCUT2D eigenvalue weighted by atomic mass is 19.1. The van der Waals surface area contributed by atoms with Crippen LogP contribution in [0.5, 0.6) is 11.5 Å². The molecule has 0 aliphatic rings. The minimum Gasteiger partial charge on any atom is -0.455 e. The highest BCUT2D eigenvalue weighted by molar-refractivity contribution is 5.79. The van der Waals surface area contributed by atoms with Crippen LogP contribution in [0.3, 0.4) is 0 Å². The average molecular weight is 282 g/mol. The SMILES string of the molecule is CC(N)c1c(F)cccc1Oc1cnc2ccccc2c1. The number of benzene rings is 2. The van der Waals surface area contributed by atoms with Gasteiger partial charge in [0, 0.05) is 17.0 Å². The van der Waals surface area contributed by atoms with Gasteiger partial charge in [-0.15, -0.1) is 0 Å². The zero-order valence-corrected chi connectivity index (χ0v) is 11.6. The van der Waals surface area contributed by atoms with Crippen LogP contribution >= 0.6 is 0 Å². The highest BCUT2D eigenvalue weighted by Gasteiger charge is 2.14. The molecule has 2 N–H and O–H groups in total. The van der Waals surface area contributed by atoms with Crippen LogP contribution < -0.4 is 10.5 Å². The van der Waals surface area contributed by atoms with Gasteiger partial charge in [-0.25, -0.2) is 4.39 Å². The van der Waals surface area contributed by atoms with E-state index in [9.17, 15) is 4.39 Å². The summed E-state index contributed by atoms with van der Waals surface area (Å²) in [5.41, 5.74) is 7.08. The molecule has 2 aromatic carbocycles. The zero-order valence-electron chi connectivity index (χ0n) is 11.6. The van der Waals surface area contributed by atoms with Crippen LogP contribution in [0.4, 0.5) is 4.39 Å². The average Bonchev–Trinajstić information content (AvgIpc) is 2.47. The molecule has 0 bridgehead atoms. The minimum absolute atomic E-state index is 0.365. The number of ether oxygens (including phenoxy) is 1. The summed E-state index contributed by atoms with van der Waals surface area (Å²) in [6, 6.07) is 13.8. The van der Waals surface area contributed by atoms with Crippen LogP contribution in [-0.2, 0) is 0 Å². The van der Waals surface area contributed by atoms with Gasteiger partial charge in [0.25, 0.3) is 0 Å². The summed E-state index contributed by atoms with van der Waals surface area (Å²) in [6.07, 6.45) is 1.62. The molecular weight excluding hydrogens is 267 g/mol. The Morgan fingerprint density at radius 1 is 1.14 bits per heavy atom. The number of fused-ring (bicyclic) bond motifs is 1. The first-order valence-corrected chi connectivity index (χ1v) is 6.72. The van der Waals surface area contributed by atoms with E-state index in [1.165, 1.54) is 6.07 Å². The molecule has 106 valence electrons. The zero-order chi connectivity index (χ0) is 14.8. The van der Waals surface area contributed by atoms with E-state index in [0.29, 0.717) is 17.1 Å². The summed E-state index contributed by atoms with van der Waals surface area (Å²) in [5.74, 6) is 0.611. The highest BCUT2D eigenvalue weighted by Crippen LogP contribution is 2.31. The third-order valence-electron chi connectivity index (χ3n) is 3.26. The molecule has 1 atom stereocenters. The van der Waals surface area contributed by atoms with Gasteiger partial charge in [0.05, 0.1) is 11.7 Å². The predicted octanol–water partition coefficient (Wildman–Crippen LogP) is 4.19. The molecular formula is C17H15FN2O. The second kappa shape index (κ2) is 5.50. The van der Waals surface area contributed by atoms with Crippen molar-refractivity contribution < 1.29 is 9.13 Å². The van der Waals surface area contributed by atoms with Gasteiger partial charge in [0.1, 0.15) is 17.3 Å². The van der Waals surface area contributed by atoms with Gasteiger partial charge in [0.15, 0.2) is 0 Å². The fourth-order valence-corrected chi connectivity index (χ4v) is 2.28. The van der Waals surface area contributed by atoms with Crippen molar-refractivity contribution in [1.82, 2.24) is 4.98 Å². The smallest absolute Gasteiger partial charge is 0.146 e. The number of halogens is 1. The maximum atomic E-state index is 13.9. The van der Waals surface area contributed by atoms with Gasteiger partial charge in [-0.2, -0.15) is 0 Å². The Kier molecular flexibility index (Phi) is 3.54. The molecule has 3 nitrogen and oxygen atoms in total. The summed E-state index contributed by atoms with van der Waals surface area (Å²) < 4.78 is 19.7. The lowest BCUT2D eigenvalue weighted by molar-refractivity contribution is 0.460. The van der Waals surface area contributed by atoms with Crippen LogP contribution in [0.25, 0.3) is 10.9 Å². The van der Waals surface area contributed by atoms with Crippen LogP contribution in [0, 0.1) is 5.82 Å². The lowest BCUT2D eigenvalue weighted by atomic mass is 10.1. The monoisotopic (exact) mass is 282 g/mol. The van der Waals surface area contributed by atoms with Crippen molar-refractivity contribution in [1.29, 1.82) is 0 Å². The second-order valence-corrected chi connectivity index (χ2v) is 4.91. The number of hydrogen-bond donors (Lipinski definition) is 1. The molecule has 1 unspecified atom stereocenters. The van der Waals surface area contributed by atoms with Gasteiger partial charge in [0.2, 0.25) is 0 Å². The van der Waals surface area contributed by atoms with Crippen LogP contribution in [0.2, 0.25) is 0 Å². The summed E-state index contributed by atoms with van der Waals surface area (Å²) in [4.78, 5) is 4.32. The molecule has 0 saturated carbocycles. The number of nitrogens with zero attached hydrogens (tertiary/aromatic N) is 1. The molecule has 0 fully saturated rings. The largest absolute Gasteiger partial charge is 0.455 e. The summed E-state index contributed by atoms with van der Waals surface area (Å²) >= 11 is 0. The minimum atomic E-state index is -0.449. The van der Waals surface area contributed by atoms with Crippen LogP contribution in [0.15, 0.2) is 54.7 Å². The standard InChI is InChI=1S/C17H15FN2O/c1-11(19)17-14(18)6-4-8-16(17)21-13-9-12-5-2-3-7-15(12)20-10-13/h2-11H,19H2,1H3. The number of para-hydroxylation sites is 1. The molecule has 0 radical (unpaired) electrons. The fraction of sp³-hybridized carbons (Fsp3) is 0.118. The van der Waals surface area contributed by atoms with E-state index in [4.69, 9.17) is 10.5 Å². The lowest BCUT2D eigenvalue weighted by Crippen LogP contribution is -2.09. The number of hydrogen-bond acceptors (Lipinski definition) is 3. The van der Waals surface area contributed by atoms with Crippen molar-refractivity contribution in [3.8, 4) is 11.5 Å². The molecule has 3 rings (SSSR count). The molecule has 1 heterocycles. The van der Waals surface area contributed by atoms with E-state index in [2.05, 4.69) is 4.98 Å². The van der Waals surface area contributed by atoms with Crippen molar-refractivity contribution in [2.24, 2.45) is 5.73 Å². The Labute approximate surface area is 122 Å². The Bertz CT molecular complexity index is 787. The Morgan fingerprint density at radius 2 is 1.95 bits per heavy atom. The molecule has 1 aromatic heterocycles. The van der Waals surface area contributed by atoms with Gasteiger partial charge < -0.3 is 10.5 Å². The lowest BCUT2D eigenvalue weighted by Gasteiger charge is -2.14. The van der Waals surface area contributed by atoms with Crippen molar-refractivity contribution in [3.63, 3.8) is 0 Å². The molecule has 0 saturated heterocycles. The number of nitrogens with two attached hydrogens (primary N) is 1. The molecule has 0 aliphatic heterocycles. The normalized spacial score (nSPS) is 12.3. The molecule has 0 amide bonds. The first-order chi connectivity index (χ1) is 10.1. The molecule has 3 aromatic rings. The van der Waals surface area contributed by atoms with E-state index in [1.54, 1.807) is 25.3 Å². The van der Waals surface area contributed by atoms with Gasteiger partial charge >= 0.3 is 0 Å². The summed E-state index contributed by atoms with van der Waals surface area (Å²) in [7, 11) is 0. The fourth-order valence-electron chi connectivity index (χ4n) is 2.28. The van der Waals surface area contributed by atoms with Crippen molar-refractivity contribution in [3.05, 3.63) is 66.1 Å². The van der Waals surface area contributed by atoms with Crippen LogP contribution in [-0.4, -0.2) is 4.98 Å². The molecule has 0 spiro atoms. The Morgan fingerprint density at radius 3 is 2.76 bits per heavy atom. The quantitative estimate of drug-likeness (QED) is 0.783. The van der Waals surface area contributed by atoms with E-state index >= 15 is 0 Å². The summed E-state index contributed by atoms with van der Waals surface area (Å²) in [6.45, 7) is 1.73. The van der Waals surface area contributed by atoms with Crippen LogP contribution in [0.1, 0.15) is 18.5 Å². The van der Waals surface area contributed by atoms with E-state index in [-0.39, 0.29) is 5.82 Å². The molecule has 21 heavy (non-hydrogen) atoms. The first-order valence-electron chi connectivity index (χ1n) is 6.72. The number of pyridine rings is 1. The second-order valence-electron chi connectivity index (χ2n) is 4.91. The number of aromatic nitrogens is 1. The Balaban J connectivity index is 2.00. The molecule has 4 heteroatoms. The maximum Gasteiger partial charge on any atom is 0.146 e. The van der Waals surface area contributed by atoms with Crippen molar-refractivity contribution in [2.75, 3.05) is 0 Å². The van der Waals surface area contributed by atoms with Gasteiger partial charge in [-0.3, -0.25) is 4.98 Å². The topological polar surface area (TPSA) is 48.1 Å². The Hall–Kier alpha value is -2.46. The third-order valence-corrected chi connectivity index (χ3v) is 3.26. The third kappa shape index (κ3) is 2.71. The molecule has 0 aliphatic carbocycles. The first kappa shape index (κ1) is 13.5. The van der Waals surface area contributed by atoms with E-state index in [1.807, 2.05) is 30.3 Å². The maximum absolute atomic E-state index is 13.9. The van der Waals surface area contributed by atoms with Gasteiger partial charge in [-0.1, -0.05) is 24.3 Å². The van der Waals surface area contributed by atoms with E-state index in [0.717, 1.165) is 10.9 Å². The number of rotatable bonds is 3. The van der Waals surface area contributed by atoms with Crippen molar-refractivity contribution >= 4 is 10.9 Å². The van der Waals surface area contributed by atoms with Gasteiger partial charge in [-0.05, 0) is 31.2 Å². The van der Waals surface area contributed by atoms with E-state index < -0.39 is 6.04 Å².